The van der Waals surface area contributed by atoms with Crippen LogP contribution in [-0.2, 0) is 10.0 Å². The quantitative estimate of drug-likeness (QED) is 0.812. The molecule has 0 unspecified atom stereocenters. The first-order valence-electron chi connectivity index (χ1n) is 5.94. The van der Waals surface area contributed by atoms with Crippen molar-refractivity contribution in [1.82, 2.24) is 4.72 Å². The molecule has 0 aromatic heterocycles. The van der Waals surface area contributed by atoms with Crippen LogP contribution in [0.25, 0.3) is 0 Å². The van der Waals surface area contributed by atoms with Gasteiger partial charge in [0.2, 0.25) is 10.0 Å². The Hall–Kier alpha value is -0.460. The highest BCUT2D eigenvalue weighted by molar-refractivity contribution is 9.10. The summed E-state index contributed by atoms with van der Waals surface area (Å²) in [5.74, 6) is 0.218. The Bertz CT molecular complexity index is 529. The lowest BCUT2D eigenvalue weighted by atomic mass is 10.2. The first kappa shape index (κ1) is 14.0. The summed E-state index contributed by atoms with van der Waals surface area (Å²) in [6.45, 7) is 0.413. The molecule has 100 valence electrons. The van der Waals surface area contributed by atoms with E-state index in [1.807, 2.05) is 0 Å². The van der Waals surface area contributed by atoms with E-state index < -0.39 is 15.8 Å². The molecule has 1 aromatic rings. The summed E-state index contributed by atoms with van der Waals surface area (Å²) >= 11 is 2.99. The van der Waals surface area contributed by atoms with Gasteiger partial charge in [-0.3, -0.25) is 0 Å². The van der Waals surface area contributed by atoms with Crippen molar-refractivity contribution in [1.29, 1.82) is 0 Å². The number of halogens is 2. The Kier molecular flexibility index (Phi) is 4.40. The summed E-state index contributed by atoms with van der Waals surface area (Å²) in [5.41, 5.74) is 0. The first-order valence-corrected chi connectivity index (χ1v) is 8.21. The monoisotopic (exact) mass is 335 g/mol. The minimum Gasteiger partial charge on any atom is -0.211 e. The van der Waals surface area contributed by atoms with Crippen LogP contribution in [0.4, 0.5) is 4.39 Å². The van der Waals surface area contributed by atoms with Crippen LogP contribution >= 0.6 is 15.9 Å². The molecule has 1 aliphatic carbocycles. The minimum atomic E-state index is -3.59. The van der Waals surface area contributed by atoms with E-state index in [2.05, 4.69) is 20.7 Å². The van der Waals surface area contributed by atoms with E-state index >= 15 is 0 Å². The van der Waals surface area contributed by atoms with Gasteiger partial charge in [-0.05, 0) is 52.9 Å². The van der Waals surface area contributed by atoms with Crippen molar-refractivity contribution in [2.24, 2.45) is 5.92 Å². The van der Waals surface area contributed by atoms with Gasteiger partial charge in [0.05, 0.1) is 9.37 Å². The summed E-state index contributed by atoms with van der Waals surface area (Å²) in [6, 6.07) is 3.80. The number of rotatable bonds is 6. The predicted molar refractivity (Wildman–Crippen MR) is 71.2 cm³/mol. The van der Waals surface area contributed by atoms with Crippen molar-refractivity contribution < 1.29 is 12.8 Å². The maximum Gasteiger partial charge on any atom is 0.240 e. The highest BCUT2D eigenvalue weighted by Crippen LogP contribution is 2.33. The molecule has 3 nitrogen and oxygen atoms in total. The van der Waals surface area contributed by atoms with Gasteiger partial charge in [-0.15, -0.1) is 0 Å². The van der Waals surface area contributed by atoms with E-state index in [9.17, 15) is 12.8 Å². The zero-order valence-corrected chi connectivity index (χ0v) is 12.2. The van der Waals surface area contributed by atoms with E-state index in [0.29, 0.717) is 6.54 Å². The maximum atomic E-state index is 13.3. The average molecular weight is 336 g/mol. The molecule has 0 aliphatic heterocycles. The van der Waals surface area contributed by atoms with Gasteiger partial charge in [0.1, 0.15) is 5.82 Å². The Morgan fingerprint density at radius 2 is 2.11 bits per heavy atom. The second-order valence-electron chi connectivity index (χ2n) is 4.56. The molecule has 6 heteroatoms. The van der Waals surface area contributed by atoms with Crippen LogP contribution in [0.2, 0.25) is 0 Å². The first-order chi connectivity index (χ1) is 8.49. The molecule has 0 atom stereocenters. The highest BCUT2D eigenvalue weighted by atomic mass is 79.9. The average Bonchev–Trinajstić information content (AvgIpc) is 3.12. The number of nitrogens with one attached hydrogen (secondary N) is 1. The van der Waals surface area contributed by atoms with Crippen LogP contribution in [0, 0.1) is 11.7 Å². The van der Waals surface area contributed by atoms with Crippen LogP contribution in [-0.4, -0.2) is 15.0 Å². The standard InChI is InChI=1S/C12H15BrFNO2S/c13-11-6-5-10(8-12(11)14)18(16,17)15-7-1-2-9-3-4-9/h5-6,8-9,15H,1-4,7H2. The zero-order valence-electron chi connectivity index (χ0n) is 9.83. The number of benzene rings is 1. The van der Waals surface area contributed by atoms with Gasteiger partial charge in [0, 0.05) is 6.54 Å². The van der Waals surface area contributed by atoms with Gasteiger partial charge in [0.25, 0.3) is 0 Å². The molecule has 0 bridgehead atoms. The molecule has 2 rings (SSSR count). The molecule has 0 saturated heterocycles. The Balaban J connectivity index is 1.93. The second kappa shape index (κ2) is 5.67. The van der Waals surface area contributed by atoms with Crippen molar-refractivity contribution in [2.45, 2.75) is 30.6 Å². The summed E-state index contributed by atoms with van der Waals surface area (Å²) in [5, 5.41) is 0. The van der Waals surface area contributed by atoms with Crippen LogP contribution in [0.5, 0.6) is 0 Å². The fourth-order valence-corrected chi connectivity index (χ4v) is 3.06. The predicted octanol–water partition coefficient (Wildman–Crippen LogP) is 3.06. The van der Waals surface area contributed by atoms with E-state index in [1.165, 1.54) is 25.0 Å². The zero-order chi connectivity index (χ0) is 13.2. The Morgan fingerprint density at radius 3 is 2.72 bits per heavy atom. The molecule has 0 amide bonds. The Labute approximate surface area is 115 Å². The van der Waals surface area contributed by atoms with Crippen LogP contribution in [0.3, 0.4) is 0 Å². The lowest BCUT2D eigenvalue weighted by Gasteiger charge is -2.07. The molecular formula is C12H15BrFNO2S. The van der Waals surface area contributed by atoms with Gasteiger partial charge >= 0.3 is 0 Å². The second-order valence-corrected chi connectivity index (χ2v) is 7.18. The molecule has 1 saturated carbocycles. The van der Waals surface area contributed by atoms with Crippen LogP contribution in [0.1, 0.15) is 25.7 Å². The van der Waals surface area contributed by atoms with E-state index in [-0.39, 0.29) is 9.37 Å². The highest BCUT2D eigenvalue weighted by Gasteiger charge is 2.21. The smallest absolute Gasteiger partial charge is 0.211 e. The third-order valence-corrected chi connectivity index (χ3v) is 5.08. The molecule has 0 radical (unpaired) electrons. The van der Waals surface area contributed by atoms with Crippen molar-refractivity contribution in [2.75, 3.05) is 6.54 Å². The van der Waals surface area contributed by atoms with Gasteiger partial charge in [-0.25, -0.2) is 17.5 Å². The largest absolute Gasteiger partial charge is 0.240 e. The van der Waals surface area contributed by atoms with Gasteiger partial charge in [-0.2, -0.15) is 0 Å². The maximum absolute atomic E-state index is 13.3. The molecule has 1 aromatic carbocycles. The lowest BCUT2D eigenvalue weighted by molar-refractivity contribution is 0.569. The van der Waals surface area contributed by atoms with Gasteiger partial charge < -0.3 is 0 Å². The number of hydrogen-bond acceptors (Lipinski definition) is 2. The lowest BCUT2D eigenvalue weighted by Crippen LogP contribution is -2.25. The molecule has 18 heavy (non-hydrogen) atoms. The normalized spacial score (nSPS) is 15.9. The fourth-order valence-electron chi connectivity index (χ4n) is 1.73. The van der Waals surface area contributed by atoms with E-state index in [1.54, 1.807) is 0 Å². The van der Waals surface area contributed by atoms with Gasteiger partial charge in [-0.1, -0.05) is 12.8 Å². The van der Waals surface area contributed by atoms with Crippen molar-refractivity contribution in [3.63, 3.8) is 0 Å². The summed E-state index contributed by atoms with van der Waals surface area (Å²) in [4.78, 5) is -0.0328. The molecule has 1 fully saturated rings. The summed E-state index contributed by atoms with van der Waals surface area (Å²) in [7, 11) is -3.59. The molecule has 0 spiro atoms. The molecule has 1 N–H and O–H groups in total. The van der Waals surface area contributed by atoms with Crippen molar-refractivity contribution in [3.05, 3.63) is 28.5 Å². The summed E-state index contributed by atoms with van der Waals surface area (Å²) in [6.07, 6.45) is 4.44. The molecule has 0 heterocycles. The SMILES string of the molecule is O=S(=O)(NCCCC1CC1)c1ccc(Br)c(F)c1. The molecular weight excluding hydrogens is 321 g/mol. The third kappa shape index (κ3) is 3.76. The van der Waals surface area contributed by atoms with Crippen LogP contribution in [0.15, 0.2) is 27.6 Å². The van der Waals surface area contributed by atoms with Crippen molar-refractivity contribution in [3.8, 4) is 0 Å². The topological polar surface area (TPSA) is 46.2 Å². The fraction of sp³-hybridized carbons (Fsp3) is 0.500. The number of sulfonamides is 1. The van der Waals surface area contributed by atoms with Crippen molar-refractivity contribution >= 4 is 26.0 Å². The summed E-state index contributed by atoms with van der Waals surface area (Å²) < 4.78 is 39.8. The molecule has 1 aliphatic rings. The third-order valence-electron chi connectivity index (χ3n) is 2.98. The van der Waals surface area contributed by atoms with Crippen LogP contribution < -0.4 is 4.72 Å². The van der Waals surface area contributed by atoms with Gasteiger partial charge in [0.15, 0.2) is 0 Å². The van der Waals surface area contributed by atoms with E-state index in [0.717, 1.165) is 24.8 Å². The van der Waals surface area contributed by atoms with E-state index in [4.69, 9.17) is 0 Å². The number of hydrogen-bond donors (Lipinski definition) is 1. The Morgan fingerprint density at radius 1 is 1.39 bits per heavy atom. The minimum absolute atomic E-state index is 0.0328.